The van der Waals surface area contributed by atoms with Gasteiger partial charge in [-0.15, -0.1) is 0 Å². The van der Waals surface area contributed by atoms with Crippen LogP contribution >= 0.6 is 0 Å². The number of aryl methyl sites for hydroxylation is 1. The van der Waals surface area contributed by atoms with Crippen molar-refractivity contribution in [3.05, 3.63) is 72.7 Å². The fourth-order valence-electron chi connectivity index (χ4n) is 3.29. The second-order valence-electron chi connectivity index (χ2n) is 6.41. The summed E-state index contributed by atoms with van der Waals surface area (Å²) < 4.78 is 2.17. The first-order valence-electron chi connectivity index (χ1n) is 8.79. The molecule has 0 saturated heterocycles. The summed E-state index contributed by atoms with van der Waals surface area (Å²) in [4.78, 5) is 8.79. The molecule has 4 heteroatoms. The van der Waals surface area contributed by atoms with Gasteiger partial charge in [0.2, 0.25) is 0 Å². The van der Waals surface area contributed by atoms with Gasteiger partial charge in [-0.2, -0.15) is 0 Å². The predicted octanol–water partition coefficient (Wildman–Crippen LogP) is 4.03. The molecule has 132 valence electrons. The number of benzene rings is 1. The Balaban J connectivity index is 1.93. The van der Waals surface area contributed by atoms with Crippen LogP contribution in [0.3, 0.4) is 0 Å². The van der Waals surface area contributed by atoms with Gasteiger partial charge in [-0.3, -0.25) is 9.97 Å². The normalized spacial score (nSPS) is 11.8. The molecule has 1 unspecified atom stereocenters. The van der Waals surface area contributed by atoms with E-state index in [1.807, 2.05) is 36.5 Å². The fraction of sp³-hybridized carbons (Fsp3) is 0.130. The third-order valence-electron chi connectivity index (χ3n) is 4.51. The number of hydrogen-bond acceptors (Lipinski definition) is 3. The van der Waals surface area contributed by atoms with E-state index in [1.54, 1.807) is 19.3 Å². The first-order chi connectivity index (χ1) is 13.1. The van der Waals surface area contributed by atoms with Gasteiger partial charge in [0, 0.05) is 42.3 Å². The monoisotopic (exact) mass is 353 g/mol. The number of aliphatic hydroxyl groups excluding tert-OH is 1. The zero-order valence-corrected chi connectivity index (χ0v) is 15.2. The highest BCUT2D eigenvalue weighted by Gasteiger charge is 2.18. The highest BCUT2D eigenvalue weighted by Crippen LogP contribution is 2.39. The lowest BCUT2D eigenvalue weighted by Gasteiger charge is -2.08. The zero-order chi connectivity index (χ0) is 18.8. The molecule has 0 aliphatic carbocycles. The van der Waals surface area contributed by atoms with E-state index in [1.165, 1.54) is 0 Å². The molecule has 0 aliphatic heterocycles. The molecule has 27 heavy (non-hydrogen) atoms. The van der Waals surface area contributed by atoms with Crippen molar-refractivity contribution in [1.29, 1.82) is 0 Å². The van der Waals surface area contributed by atoms with Crippen molar-refractivity contribution < 1.29 is 5.11 Å². The molecule has 0 radical (unpaired) electrons. The first kappa shape index (κ1) is 17.0. The molecule has 1 atom stereocenters. The number of aliphatic hydroxyl groups is 1. The van der Waals surface area contributed by atoms with Gasteiger partial charge < -0.3 is 9.67 Å². The molecular weight excluding hydrogens is 334 g/mol. The second-order valence-corrected chi connectivity index (χ2v) is 6.41. The molecule has 0 saturated carbocycles. The summed E-state index contributed by atoms with van der Waals surface area (Å²) >= 11 is 0. The van der Waals surface area contributed by atoms with E-state index in [2.05, 4.69) is 51.6 Å². The lowest BCUT2D eigenvalue weighted by atomic mass is 10.00. The van der Waals surface area contributed by atoms with Crippen LogP contribution in [0.5, 0.6) is 0 Å². The van der Waals surface area contributed by atoms with E-state index in [4.69, 9.17) is 0 Å². The molecule has 4 nitrogen and oxygen atoms in total. The molecule has 4 rings (SSSR count). The van der Waals surface area contributed by atoms with Gasteiger partial charge in [0.25, 0.3) is 0 Å². The lowest BCUT2D eigenvalue weighted by molar-refractivity contribution is 0.253. The Morgan fingerprint density at radius 1 is 0.963 bits per heavy atom. The van der Waals surface area contributed by atoms with Gasteiger partial charge in [-0.1, -0.05) is 24.0 Å². The summed E-state index contributed by atoms with van der Waals surface area (Å²) in [5.41, 5.74) is 7.29. The van der Waals surface area contributed by atoms with Crippen LogP contribution in [0.4, 0.5) is 0 Å². The second kappa shape index (κ2) is 7.06. The Morgan fingerprint density at radius 2 is 1.70 bits per heavy atom. The maximum atomic E-state index is 9.34. The molecule has 0 aliphatic rings. The van der Waals surface area contributed by atoms with Gasteiger partial charge in [-0.05, 0) is 48.9 Å². The molecule has 1 N–H and O–H groups in total. The molecule has 0 spiro atoms. The molecule has 3 heterocycles. The van der Waals surface area contributed by atoms with Crippen LogP contribution in [0.1, 0.15) is 12.5 Å². The van der Waals surface area contributed by atoms with Gasteiger partial charge in [0.05, 0.1) is 16.7 Å². The van der Waals surface area contributed by atoms with E-state index in [9.17, 15) is 5.11 Å². The number of fused-ring (bicyclic) bond motifs is 1. The van der Waals surface area contributed by atoms with Crippen LogP contribution in [0.2, 0.25) is 0 Å². The Labute approximate surface area is 158 Å². The average Bonchev–Trinajstić information content (AvgIpc) is 3.00. The van der Waals surface area contributed by atoms with Crippen molar-refractivity contribution in [3.63, 3.8) is 0 Å². The van der Waals surface area contributed by atoms with Gasteiger partial charge in [0.1, 0.15) is 6.10 Å². The maximum absolute atomic E-state index is 9.34. The summed E-state index contributed by atoms with van der Waals surface area (Å²) in [7, 11) is 2.06. The summed E-state index contributed by atoms with van der Waals surface area (Å²) in [5, 5.41) is 9.34. The maximum Gasteiger partial charge on any atom is 0.112 e. The smallest absolute Gasteiger partial charge is 0.112 e. The zero-order valence-electron chi connectivity index (χ0n) is 15.2. The van der Waals surface area contributed by atoms with Crippen molar-refractivity contribution in [2.24, 2.45) is 7.05 Å². The number of hydrogen-bond donors (Lipinski definition) is 1. The van der Waals surface area contributed by atoms with E-state index in [0.29, 0.717) is 0 Å². The van der Waals surface area contributed by atoms with Crippen molar-refractivity contribution in [1.82, 2.24) is 14.5 Å². The SMILES string of the molecule is CC(O)C#Cc1ccc(-c2c(-c3ccncc3)n(C)c3cccnc23)cc1. The minimum atomic E-state index is -0.634. The van der Waals surface area contributed by atoms with Crippen molar-refractivity contribution in [2.45, 2.75) is 13.0 Å². The molecule has 0 amide bonds. The van der Waals surface area contributed by atoms with Gasteiger partial charge in [0.15, 0.2) is 0 Å². The van der Waals surface area contributed by atoms with Crippen molar-refractivity contribution in [2.75, 3.05) is 0 Å². The Hall–Kier alpha value is -3.42. The number of rotatable bonds is 2. The van der Waals surface area contributed by atoms with Gasteiger partial charge in [-0.25, -0.2) is 0 Å². The Morgan fingerprint density at radius 3 is 2.41 bits per heavy atom. The molecular formula is C23H19N3O. The van der Waals surface area contributed by atoms with Crippen molar-refractivity contribution >= 4 is 11.0 Å². The molecule has 0 fully saturated rings. The highest BCUT2D eigenvalue weighted by molar-refractivity contribution is 6.02. The summed E-state index contributed by atoms with van der Waals surface area (Å²) in [5.74, 6) is 5.76. The number of aromatic nitrogens is 3. The van der Waals surface area contributed by atoms with E-state index in [0.717, 1.165) is 39.0 Å². The molecule has 0 bridgehead atoms. The van der Waals surface area contributed by atoms with E-state index >= 15 is 0 Å². The van der Waals surface area contributed by atoms with Crippen LogP contribution in [-0.4, -0.2) is 25.7 Å². The van der Waals surface area contributed by atoms with Crippen LogP contribution in [0.15, 0.2) is 67.1 Å². The summed E-state index contributed by atoms with van der Waals surface area (Å²) in [6.45, 7) is 1.66. The van der Waals surface area contributed by atoms with Crippen LogP contribution in [-0.2, 0) is 7.05 Å². The molecule has 1 aromatic carbocycles. The molecule has 4 aromatic rings. The van der Waals surface area contributed by atoms with E-state index < -0.39 is 6.10 Å². The quantitative estimate of drug-likeness (QED) is 0.554. The van der Waals surface area contributed by atoms with E-state index in [-0.39, 0.29) is 0 Å². The number of pyridine rings is 2. The third-order valence-corrected chi connectivity index (χ3v) is 4.51. The lowest BCUT2D eigenvalue weighted by Crippen LogP contribution is -1.93. The average molecular weight is 353 g/mol. The van der Waals surface area contributed by atoms with Crippen LogP contribution in [0, 0.1) is 11.8 Å². The summed E-state index contributed by atoms with van der Waals surface area (Å²) in [6.07, 6.45) is 4.80. The molecule has 3 aromatic heterocycles. The Bertz CT molecular complexity index is 1150. The van der Waals surface area contributed by atoms with Gasteiger partial charge >= 0.3 is 0 Å². The Kier molecular flexibility index (Phi) is 4.45. The first-order valence-corrected chi connectivity index (χ1v) is 8.79. The number of nitrogens with zero attached hydrogens (tertiary/aromatic N) is 3. The minimum absolute atomic E-state index is 0.634. The van der Waals surface area contributed by atoms with Crippen LogP contribution < -0.4 is 0 Å². The topological polar surface area (TPSA) is 50.9 Å². The third kappa shape index (κ3) is 3.21. The highest BCUT2D eigenvalue weighted by atomic mass is 16.3. The largest absolute Gasteiger partial charge is 0.381 e. The summed E-state index contributed by atoms with van der Waals surface area (Å²) in [6, 6.07) is 16.1. The fourth-order valence-corrected chi connectivity index (χ4v) is 3.29. The predicted molar refractivity (Wildman–Crippen MR) is 108 cm³/mol. The standard InChI is InChI=1S/C23H19N3O/c1-16(27)5-6-17-7-9-18(10-8-17)21-22-20(4-3-13-25-22)26(2)23(21)19-11-14-24-15-12-19/h3-4,7-16,27H,1-2H3. The van der Waals surface area contributed by atoms with Crippen LogP contribution in [0.25, 0.3) is 33.4 Å². The minimum Gasteiger partial charge on any atom is -0.381 e. The van der Waals surface area contributed by atoms with Crippen molar-refractivity contribution in [3.8, 4) is 34.2 Å².